The third-order valence-electron chi connectivity index (χ3n) is 0. The summed E-state index contributed by atoms with van der Waals surface area (Å²) in [5.41, 5.74) is 6.50. The fourth-order valence-electron chi connectivity index (χ4n) is 0. The maximum atomic E-state index is 3.25. The van der Waals surface area contributed by atoms with Crippen molar-refractivity contribution in [2.75, 3.05) is 14.1 Å². The SMILES string of the molecule is C[NH3+].C[NH3+].[Br-].[Br-].[Br-].[Cl-].[Cl-].[Cl-].[Cu+2].[Cu+2]. The Morgan fingerprint density at radius 3 is 0.500 bits per heavy atom. The number of rotatable bonds is 0. The summed E-state index contributed by atoms with van der Waals surface area (Å²) < 4.78 is 0. The van der Waals surface area contributed by atoms with Crippen molar-refractivity contribution >= 4 is 0 Å². The molecule has 0 aromatic carbocycles. The van der Waals surface area contributed by atoms with Gasteiger partial charge in [0.25, 0.3) is 0 Å². The van der Waals surface area contributed by atoms with Crippen LogP contribution in [-0.2, 0) is 34.1 Å². The average molecular weight is 537 g/mol. The summed E-state index contributed by atoms with van der Waals surface area (Å²) in [6.07, 6.45) is 0. The zero-order chi connectivity index (χ0) is 4.00. The first-order valence-corrected chi connectivity index (χ1v) is 1.41. The maximum Gasteiger partial charge on any atom is 2.00 e. The van der Waals surface area contributed by atoms with Crippen molar-refractivity contribution in [3.05, 3.63) is 0 Å². The molecular weight excluding hydrogens is 525 g/mol. The van der Waals surface area contributed by atoms with E-state index in [0.717, 1.165) is 0 Å². The molecule has 10 heteroatoms. The summed E-state index contributed by atoms with van der Waals surface area (Å²) in [6.45, 7) is 0. The first-order valence-electron chi connectivity index (χ1n) is 1.41. The van der Waals surface area contributed by atoms with E-state index in [1.165, 1.54) is 0 Å². The van der Waals surface area contributed by atoms with Gasteiger partial charge in [0.05, 0.1) is 14.1 Å². The van der Waals surface area contributed by atoms with Crippen molar-refractivity contribution in [2.24, 2.45) is 0 Å². The minimum absolute atomic E-state index is 0. The second-order valence-corrected chi connectivity index (χ2v) is 0. The summed E-state index contributed by atoms with van der Waals surface area (Å²) in [4.78, 5) is 0. The van der Waals surface area contributed by atoms with Gasteiger partial charge in [0.2, 0.25) is 0 Å². The zero-order valence-corrected chi connectivity index (χ0v) is 15.2. The molecule has 0 aliphatic rings. The van der Waals surface area contributed by atoms with Gasteiger partial charge in [-0.3, -0.25) is 0 Å². The van der Waals surface area contributed by atoms with Crippen LogP contribution in [0.1, 0.15) is 0 Å². The molecule has 0 atom stereocenters. The van der Waals surface area contributed by atoms with Crippen LogP contribution >= 0.6 is 0 Å². The van der Waals surface area contributed by atoms with Gasteiger partial charge in [-0.2, -0.15) is 0 Å². The van der Waals surface area contributed by atoms with E-state index in [1.54, 1.807) is 14.1 Å². The van der Waals surface area contributed by atoms with Gasteiger partial charge >= 0.3 is 34.1 Å². The topological polar surface area (TPSA) is 55.3 Å². The maximum absolute atomic E-state index is 3.25. The Morgan fingerprint density at radius 2 is 0.500 bits per heavy atom. The van der Waals surface area contributed by atoms with Crippen LogP contribution in [0.2, 0.25) is 0 Å². The molecule has 0 unspecified atom stereocenters. The van der Waals surface area contributed by atoms with Crippen LogP contribution in [-0.4, -0.2) is 14.1 Å². The first-order chi connectivity index (χ1) is 2.00. The molecule has 2 radical (unpaired) electrons. The predicted octanol–water partition coefficient (Wildman–Crippen LogP) is -20.3. The molecule has 0 spiro atoms. The molecule has 0 fully saturated rings. The Labute approximate surface area is 146 Å². The smallest absolute Gasteiger partial charge is 1.00 e. The van der Waals surface area contributed by atoms with Gasteiger partial charge < -0.3 is 99.6 Å². The molecule has 94 valence electrons. The average Bonchev–Trinajstić information content (AvgIpc) is 1.50. The van der Waals surface area contributed by atoms with Crippen molar-refractivity contribution in [3.63, 3.8) is 0 Å². The molecule has 0 aliphatic carbocycles. The van der Waals surface area contributed by atoms with Crippen molar-refractivity contribution < 1.29 is 134 Å². The molecule has 0 aromatic heterocycles. The molecule has 2 nitrogen and oxygen atoms in total. The van der Waals surface area contributed by atoms with Gasteiger partial charge in [-0.05, 0) is 0 Å². The van der Waals surface area contributed by atoms with E-state index < -0.39 is 0 Å². The molecule has 0 amide bonds. The fraction of sp³-hybridized carbons (Fsp3) is 1.00. The monoisotopic (exact) mass is 532 g/mol. The van der Waals surface area contributed by atoms with E-state index in [9.17, 15) is 0 Å². The van der Waals surface area contributed by atoms with Crippen molar-refractivity contribution in [1.82, 2.24) is 0 Å². The van der Waals surface area contributed by atoms with Gasteiger partial charge in [-0.25, -0.2) is 0 Å². The summed E-state index contributed by atoms with van der Waals surface area (Å²) in [5, 5.41) is 0. The van der Waals surface area contributed by atoms with E-state index >= 15 is 0 Å². The van der Waals surface area contributed by atoms with E-state index in [2.05, 4.69) is 11.5 Å². The Hall–Kier alpha value is 3.27. The Morgan fingerprint density at radius 1 is 0.500 bits per heavy atom. The fourth-order valence-corrected chi connectivity index (χ4v) is 0. The summed E-state index contributed by atoms with van der Waals surface area (Å²) in [6, 6.07) is 0. The normalized spacial score (nSPS) is 1.00. The Bertz CT molecular complexity index is 27.5. The second-order valence-electron chi connectivity index (χ2n) is 0. The van der Waals surface area contributed by atoms with Gasteiger partial charge in [0.15, 0.2) is 0 Å². The van der Waals surface area contributed by atoms with Crippen molar-refractivity contribution in [1.29, 1.82) is 0 Å². The quantitative estimate of drug-likeness (QED) is 0.289. The number of hydrogen-bond acceptors (Lipinski definition) is 0. The standard InChI is InChI=1S/2CH5N.3BrH.3ClH.2Cu/c2*1-2;;;;;;;;/h2*2H2,1H3;6*1H;;/q;;;;;;;;2*+2/p-4. The summed E-state index contributed by atoms with van der Waals surface area (Å²) in [5.74, 6) is 0. The molecule has 6 N–H and O–H groups in total. The molecule has 0 saturated carbocycles. The van der Waals surface area contributed by atoms with Crippen LogP contribution in [0.5, 0.6) is 0 Å². The number of hydrogen-bond donors (Lipinski definition) is 2. The van der Waals surface area contributed by atoms with Gasteiger partial charge in [-0.1, -0.05) is 0 Å². The van der Waals surface area contributed by atoms with Crippen LogP contribution in [0.25, 0.3) is 0 Å². The minimum atomic E-state index is 0. The summed E-state index contributed by atoms with van der Waals surface area (Å²) >= 11 is 0. The molecule has 12 heavy (non-hydrogen) atoms. The number of quaternary nitrogens is 2. The molecule has 0 rings (SSSR count). The molecule has 0 heterocycles. The van der Waals surface area contributed by atoms with Crippen LogP contribution < -0.4 is 99.6 Å². The first kappa shape index (κ1) is 112. The van der Waals surface area contributed by atoms with Crippen LogP contribution in [0.15, 0.2) is 0 Å². The van der Waals surface area contributed by atoms with Gasteiger partial charge in [0, 0.05) is 0 Å². The van der Waals surface area contributed by atoms with E-state index in [0.29, 0.717) is 0 Å². The molecule has 0 saturated heterocycles. The third-order valence-corrected chi connectivity index (χ3v) is 0. The molecule has 0 aromatic rings. The zero-order valence-electron chi connectivity index (χ0n) is 6.29. The molecule has 0 bridgehead atoms. The Kier molecular flexibility index (Phi) is 2190. The van der Waals surface area contributed by atoms with Crippen LogP contribution in [0, 0.1) is 0 Å². The van der Waals surface area contributed by atoms with E-state index in [-0.39, 0.29) is 122 Å². The second kappa shape index (κ2) is 235. The van der Waals surface area contributed by atoms with Crippen molar-refractivity contribution in [3.8, 4) is 0 Å². The third kappa shape index (κ3) is 187. The van der Waals surface area contributed by atoms with Gasteiger partial charge in [-0.15, -0.1) is 0 Å². The predicted molar refractivity (Wildman–Crippen MR) is 17.6 cm³/mol. The summed E-state index contributed by atoms with van der Waals surface area (Å²) in [7, 11) is 3.50. The van der Waals surface area contributed by atoms with Gasteiger partial charge in [0.1, 0.15) is 0 Å². The molecular formula is C2H12Br3Cl3Cu2N2. The van der Waals surface area contributed by atoms with E-state index in [1.807, 2.05) is 0 Å². The van der Waals surface area contributed by atoms with E-state index in [4.69, 9.17) is 0 Å². The van der Waals surface area contributed by atoms with Crippen molar-refractivity contribution in [2.45, 2.75) is 0 Å². The van der Waals surface area contributed by atoms with Crippen LogP contribution in [0.4, 0.5) is 0 Å². The number of halogens is 6. The Balaban J connectivity index is -0.000000000500. The largest absolute Gasteiger partial charge is 2.00 e. The van der Waals surface area contributed by atoms with Crippen LogP contribution in [0.3, 0.4) is 0 Å². The molecule has 0 aliphatic heterocycles. The minimum Gasteiger partial charge on any atom is -1.00 e.